The molecule has 1 heterocycles. The van der Waals surface area contributed by atoms with Crippen molar-refractivity contribution < 1.29 is 14.7 Å². The van der Waals surface area contributed by atoms with Crippen LogP contribution in [0.15, 0.2) is 0 Å². The molecule has 1 unspecified atom stereocenters. The molecule has 1 aliphatic rings. The predicted molar refractivity (Wildman–Crippen MR) is 68.5 cm³/mol. The van der Waals surface area contributed by atoms with Crippen molar-refractivity contribution in [1.29, 1.82) is 0 Å². The number of urea groups is 1. The zero-order chi connectivity index (χ0) is 13.5. The van der Waals surface area contributed by atoms with Gasteiger partial charge in [-0.1, -0.05) is 6.92 Å². The summed E-state index contributed by atoms with van der Waals surface area (Å²) in [5.41, 5.74) is 0. The van der Waals surface area contributed by atoms with Gasteiger partial charge in [0.1, 0.15) is 0 Å². The number of carbonyl (C=O) groups excluding carboxylic acids is 1. The van der Waals surface area contributed by atoms with Crippen molar-refractivity contribution in [3.05, 3.63) is 0 Å². The fourth-order valence-electron chi connectivity index (χ4n) is 2.01. The van der Waals surface area contributed by atoms with Crippen molar-refractivity contribution in [3.63, 3.8) is 0 Å². The van der Waals surface area contributed by atoms with Gasteiger partial charge >= 0.3 is 12.0 Å². The van der Waals surface area contributed by atoms with Crippen molar-refractivity contribution in [2.45, 2.75) is 32.2 Å². The molecular formula is C12H23N3O3. The topological polar surface area (TPSA) is 81.7 Å². The highest BCUT2D eigenvalue weighted by Gasteiger charge is 2.20. The first kappa shape index (κ1) is 14.8. The SMILES string of the molecule is CCC(CNC(=O)NC1CCN(C)CC1)C(=O)O. The molecule has 2 amide bonds. The molecule has 18 heavy (non-hydrogen) atoms. The lowest BCUT2D eigenvalue weighted by Gasteiger charge is -2.29. The summed E-state index contributed by atoms with van der Waals surface area (Å²) in [4.78, 5) is 24.6. The number of nitrogens with zero attached hydrogens (tertiary/aromatic N) is 1. The Kier molecular flexibility index (Phi) is 5.91. The summed E-state index contributed by atoms with van der Waals surface area (Å²) < 4.78 is 0. The van der Waals surface area contributed by atoms with E-state index in [1.807, 2.05) is 0 Å². The summed E-state index contributed by atoms with van der Waals surface area (Å²) in [5.74, 6) is -1.37. The Morgan fingerprint density at radius 1 is 1.39 bits per heavy atom. The standard InChI is InChI=1S/C12H23N3O3/c1-3-9(11(16)17)8-13-12(18)14-10-4-6-15(2)7-5-10/h9-10H,3-8H2,1-2H3,(H,16,17)(H2,13,14,18). The number of carboxylic acid groups (broad SMARTS) is 1. The molecule has 0 aromatic heterocycles. The molecule has 0 saturated carbocycles. The second kappa shape index (κ2) is 7.20. The number of piperidine rings is 1. The number of hydrogen-bond donors (Lipinski definition) is 3. The summed E-state index contributed by atoms with van der Waals surface area (Å²) >= 11 is 0. The minimum absolute atomic E-state index is 0.185. The van der Waals surface area contributed by atoms with Crippen LogP contribution in [0.2, 0.25) is 0 Å². The second-order valence-corrected chi connectivity index (χ2v) is 4.88. The molecule has 0 aliphatic carbocycles. The number of hydrogen-bond acceptors (Lipinski definition) is 3. The van der Waals surface area contributed by atoms with Crippen LogP contribution in [-0.2, 0) is 4.79 Å². The van der Waals surface area contributed by atoms with Gasteiger partial charge in [-0.05, 0) is 39.4 Å². The Labute approximate surface area is 108 Å². The second-order valence-electron chi connectivity index (χ2n) is 4.88. The van der Waals surface area contributed by atoms with Crippen molar-refractivity contribution in [1.82, 2.24) is 15.5 Å². The molecule has 1 atom stereocenters. The normalized spacial score (nSPS) is 19.2. The number of amides is 2. The van der Waals surface area contributed by atoms with Gasteiger partial charge in [0.05, 0.1) is 5.92 Å². The molecule has 104 valence electrons. The molecule has 0 spiro atoms. The Morgan fingerprint density at radius 3 is 2.50 bits per heavy atom. The van der Waals surface area contributed by atoms with Gasteiger partial charge in [-0.15, -0.1) is 0 Å². The first-order valence-corrected chi connectivity index (χ1v) is 6.48. The van der Waals surface area contributed by atoms with Crippen LogP contribution in [0.5, 0.6) is 0 Å². The van der Waals surface area contributed by atoms with E-state index >= 15 is 0 Å². The third kappa shape index (κ3) is 4.91. The van der Waals surface area contributed by atoms with E-state index in [0.717, 1.165) is 25.9 Å². The minimum Gasteiger partial charge on any atom is -0.481 e. The zero-order valence-corrected chi connectivity index (χ0v) is 11.1. The maximum atomic E-state index is 11.6. The van der Waals surface area contributed by atoms with Gasteiger partial charge < -0.3 is 20.6 Å². The summed E-state index contributed by atoms with van der Waals surface area (Å²) in [7, 11) is 2.06. The molecule has 6 heteroatoms. The fraction of sp³-hybridized carbons (Fsp3) is 0.833. The van der Waals surface area contributed by atoms with Crippen molar-refractivity contribution in [2.75, 3.05) is 26.7 Å². The lowest BCUT2D eigenvalue weighted by Crippen LogP contribution is -2.48. The van der Waals surface area contributed by atoms with Gasteiger partial charge in [0.25, 0.3) is 0 Å². The molecule has 1 aliphatic heterocycles. The van der Waals surface area contributed by atoms with Gasteiger partial charge in [0, 0.05) is 12.6 Å². The van der Waals surface area contributed by atoms with E-state index in [9.17, 15) is 9.59 Å². The summed E-state index contributed by atoms with van der Waals surface area (Å²) in [6.45, 7) is 3.95. The minimum atomic E-state index is -0.864. The quantitative estimate of drug-likeness (QED) is 0.669. The van der Waals surface area contributed by atoms with Crippen LogP contribution in [0.3, 0.4) is 0 Å². The lowest BCUT2D eigenvalue weighted by molar-refractivity contribution is -0.141. The average Bonchev–Trinajstić information content (AvgIpc) is 2.32. The highest BCUT2D eigenvalue weighted by atomic mass is 16.4. The van der Waals surface area contributed by atoms with Crippen molar-refractivity contribution in [2.24, 2.45) is 5.92 Å². The summed E-state index contributed by atoms with van der Waals surface area (Å²) in [6.07, 6.45) is 2.41. The lowest BCUT2D eigenvalue weighted by atomic mass is 10.1. The Balaban J connectivity index is 2.23. The largest absolute Gasteiger partial charge is 0.481 e. The number of nitrogens with one attached hydrogen (secondary N) is 2. The van der Waals surface area contributed by atoms with Crippen LogP contribution >= 0.6 is 0 Å². The van der Waals surface area contributed by atoms with Crippen molar-refractivity contribution >= 4 is 12.0 Å². The van der Waals surface area contributed by atoms with E-state index in [4.69, 9.17) is 5.11 Å². The summed E-state index contributed by atoms with van der Waals surface area (Å²) in [5, 5.41) is 14.4. The molecular weight excluding hydrogens is 234 g/mol. The van der Waals surface area contributed by atoms with E-state index in [0.29, 0.717) is 6.42 Å². The third-order valence-corrected chi connectivity index (χ3v) is 3.40. The van der Waals surface area contributed by atoms with Crippen LogP contribution in [-0.4, -0.2) is 54.7 Å². The molecule has 0 aromatic carbocycles. The van der Waals surface area contributed by atoms with Gasteiger partial charge in [0.15, 0.2) is 0 Å². The first-order chi connectivity index (χ1) is 8.52. The monoisotopic (exact) mass is 257 g/mol. The Hall–Kier alpha value is -1.30. The van der Waals surface area contributed by atoms with Gasteiger partial charge in [-0.25, -0.2) is 4.79 Å². The average molecular weight is 257 g/mol. The highest BCUT2D eigenvalue weighted by molar-refractivity contribution is 5.76. The molecule has 6 nitrogen and oxygen atoms in total. The molecule has 1 rings (SSSR count). The molecule has 1 fully saturated rings. The third-order valence-electron chi connectivity index (χ3n) is 3.40. The van der Waals surface area contributed by atoms with Gasteiger partial charge in [-0.2, -0.15) is 0 Å². The number of aliphatic carboxylic acids is 1. The van der Waals surface area contributed by atoms with Crippen LogP contribution < -0.4 is 10.6 Å². The van der Waals surface area contributed by atoms with Crippen LogP contribution in [0.1, 0.15) is 26.2 Å². The van der Waals surface area contributed by atoms with E-state index in [1.54, 1.807) is 6.92 Å². The number of carboxylic acids is 1. The van der Waals surface area contributed by atoms with E-state index in [-0.39, 0.29) is 18.6 Å². The maximum absolute atomic E-state index is 11.6. The number of likely N-dealkylation sites (tertiary alicyclic amines) is 1. The van der Waals surface area contributed by atoms with Crippen molar-refractivity contribution in [3.8, 4) is 0 Å². The number of carbonyl (C=O) groups is 2. The van der Waals surface area contributed by atoms with Gasteiger partial charge in [0.2, 0.25) is 0 Å². The highest BCUT2D eigenvalue weighted by Crippen LogP contribution is 2.07. The number of rotatable bonds is 5. The molecule has 0 bridgehead atoms. The van der Waals surface area contributed by atoms with Gasteiger partial charge in [-0.3, -0.25) is 4.79 Å². The Morgan fingerprint density at radius 2 is 2.00 bits per heavy atom. The molecule has 0 radical (unpaired) electrons. The smallest absolute Gasteiger partial charge is 0.315 e. The molecule has 1 saturated heterocycles. The van der Waals surface area contributed by atoms with E-state index in [1.165, 1.54) is 0 Å². The zero-order valence-electron chi connectivity index (χ0n) is 11.1. The fourth-order valence-corrected chi connectivity index (χ4v) is 2.01. The van der Waals surface area contributed by atoms with Crippen LogP contribution in [0.4, 0.5) is 4.79 Å². The predicted octanol–water partition coefficient (Wildman–Crippen LogP) is 0.491. The Bertz CT molecular complexity index is 288. The molecule has 3 N–H and O–H groups in total. The van der Waals surface area contributed by atoms with Crippen LogP contribution in [0.25, 0.3) is 0 Å². The summed E-state index contributed by atoms with van der Waals surface area (Å²) in [6, 6.07) is -0.0599. The van der Waals surface area contributed by atoms with Crippen LogP contribution in [0, 0.1) is 5.92 Å². The maximum Gasteiger partial charge on any atom is 0.315 e. The first-order valence-electron chi connectivity index (χ1n) is 6.48. The van der Waals surface area contributed by atoms with E-state index < -0.39 is 11.9 Å². The molecule has 0 aromatic rings. The van der Waals surface area contributed by atoms with E-state index in [2.05, 4.69) is 22.6 Å².